The quantitative estimate of drug-likeness (QED) is 0.231. The lowest BCUT2D eigenvalue weighted by atomic mass is 10.1. The number of hydrogen-bond acceptors (Lipinski definition) is 7. The molecule has 1 amide bonds. The molecule has 0 aromatic heterocycles. The summed E-state index contributed by atoms with van der Waals surface area (Å²) in [6.45, 7) is 0. The second kappa shape index (κ2) is 12.2. The first-order chi connectivity index (χ1) is 17.4. The molecule has 3 N–H and O–H groups in total. The van der Waals surface area contributed by atoms with E-state index in [1.54, 1.807) is 39.5 Å². The zero-order valence-electron chi connectivity index (χ0n) is 21.0. The smallest absolute Gasteiger partial charge is 0.248 e. The van der Waals surface area contributed by atoms with Crippen LogP contribution >= 0.6 is 0 Å². The van der Waals surface area contributed by atoms with E-state index in [1.807, 2.05) is 48.6 Å². The van der Waals surface area contributed by atoms with Gasteiger partial charge in [-0.25, -0.2) is 0 Å². The summed E-state index contributed by atoms with van der Waals surface area (Å²) in [6.07, 6.45) is 6.78. The van der Waals surface area contributed by atoms with Gasteiger partial charge in [-0.2, -0.15) is 0 Å². The van der Waals surface area contributed by atoms with Gasteiger partial charge in [-0.05, 0) is 47.5 Å². The van der Waals surface area contributed by atoms with Crippen molar-refractivity contribution in [3.05, 3.63) is 71.3 Å². The van der Waals surface area contributed by atoms with Crippen LogP contribution in [-0.4, -0.2) is 41.5 Å². The summed E-state index contributed by atoms with van der Waals surface area (Å²) in [5.74, 6) is 2.08. The topological polar surface area (TPSA) is 101 Å². The summed E-state index contributed by atoms with van der Waals surface area (Å²) in [7, 11) is 7.72. The van der Waals surface area contributed by atoms with Gasteiger partial charge in [0.05, 0.1) is 41.2 Å². The van der Waals surface area contributed by atoms with Gasteiger partial charge in [0.15, 0.2) is 23.0 Å². The number of ether oxygens (including phenoxy) is 5. The van der Waals surface area contributed by atoms with Crippen molar-refractivity contribution in [2.24, 2.45) is 0 Å². The highest BCUT2D eigenvalue weighted by Gasteiger charge is 2.16. The summed E-state index contributed by atoms with van der Waals surface area (Å²) in [4.78, 5) is 12.8. The second-order valence-electron chi connectivity index (χ2n) is 7.51. The van der Waals surface area contributed by atoms with E-state index in [4.69, 9.17) is 29.4 Å². The van der Waals surface area contributed by atoms with Gasteiger partial charge in [-0.15, -0.1) is 0 Å². The first-order valence-corrected chi connectivity index (χ1v) is 11.0. The van der Waals surface area contributed by atoms with Crippen molar-refractivity contribution in [2.75, 3.05) is 46.6 Å². The molecule has 0 saturated carbocycles. The molecule has 8 heteroatoms. The van der Waals surface area contributed by atoms with Gasteiger partial charge in [0.1, 0.15) is 0 Å². The van der Waals surface area contributed by atoms with Crippen LogP contribution in [0.15, 0.2) is 54.6 Å². The predicted octanol–water partition coefficient (Wildman–Crippen LogP) is 5.13. The highest BCUT2D eigenvalue weighted by Crippen LogP contribution is 2.40. The number of rotatable bonds is 10. The van der Waals surface area contributed by atoms with Gasteiger partial charge < -0.3 is 34.7 Å². The van der Waals surface area contributed by atoms with Crippen LogP contribution in [-0.2, 0) is 4.79 Å². The molecule has 188 valence electrons. The fourth-order valence-electron chi connectivity index (χ4n) is 3.59. The van der Waals surface area contributed by atoms with E-state index < -0.39 is 0 Å². The molecule has 0 radical (unpaired) electrons. The van der Waals surface area contributed by atoms with E-state index in [-0.39, 0.29) is 5.91 Å². The van der Waals surface area contributed by atoms with E-state index in [0.29, 0.717) is 45.7 Å². The predicted molar refractivity (Wildman–Crippen MR) is 143 cm³/mol. The standard InChI is InChI=1S/C28H30N2O6/c1-32-22-14-12-20(11-10-18-16-23(33-2)27(35-4)24(17-18)34-3)26(28(22)36-5)30-25(31)15-13-19-8-6-7-9-21(19)29/h6-17H,29H2,1-5H3,(H,30,31)/b11-10+,15-13+. The Morgan fingerprint density at radius 3 is 1.94 bits per heavy atom. The summed E-state index contributed by atoms with van der Waals surface area (Å²) in [5, 5.41) is 2.90. The number of anilines is 2. The molecule has 0 bridgehead atoms. The lowest BCUT2D eigenvalue weighted by molar-refractivity contribution is -0.111. The lowest BCUT2D eigenvalue weighted by Gasteiger charge is -2.16. The van der Waals surface area contributed by atoms with Crippen molar-refractivity contribution < 1.29 is 28.5 Å². The molecular weight excluding hydrogens is 460 g/mol. The minimum atomic E-state index is -0.354. The van der Waals surface area contributed by atoms with Crippen LogP contribution in [0.1, 0.15) is 16.7 Å². The Kier molecular flexibility index (Phi) is 8.83. The van der Waals surface area contributed by atoms with Gasteiger partial charge >= 0.3 is 0 Å². The van der Waals surface area contributed by atoms with Crippen molar-refractivity contribution in [3.8, 4) is 28.7 Å². The SMILES string of the molecule is COc1cc(/C=C/c2ccc(OC)c(OC)c2NC(=O)/C=C/c2ccccc2N)cc(OC)c1OC. The molecule has 0 aliphatic heterocycles. The molecule has 0 saturated heterocycles. The van der Waals surface area contributed by atoms with Crippen LogP contribution in [0, 0.1) is 0 Å². The second-order valence-corrected chi connectivity index (χ2v) is 7.51. The molecule has 36 heavy (non-hydrogen) atoms. The monoisotopic (exact) mass is 490 g/mol. The lowest BCUT2D eigenvalue weighted by Crippen LogP contribution is -2.11. The van der Waals surface area contributed by atoms with Gasteiger partial charge in [0, 0.05) is 17.3 Å². The average Bonchev–Trinajstić information content (AvgIpc) is 2.90. The third-order valence-corrected chi connectivity index (χ3v) is 5.38. The molecule has 8 nitrogen and oxygen atoms in total. The van der Waals surface area contributed by atoms with Crippen molar-refractivity contribution in [1.29, 1.82) is 0 Å². The third-order valence-electron chi connectivity index (χ3n) is 5.38. The van der Waals surface area contributed by atoms with Gasteiger partial charge in [-0.3, -0.25) is 4.79 Å². The van der Waals surface area contributed by atoms with Crippen LogP contribution in [0.4, 0.5) is 11.4 Å². The first kappa shape index (κ1) is 26.0. The van der Waals surface area contributed by atoms with E-state index in [9.17, 15) is 4.79 Å². The summed E-state index contributed by atoms with van der Waals surface area (Å²) in [5.41, 5.74) is 9.24. The minimum absolute atomic E-state index is 0.354. The molecule has 0 aliphatic rings. The number of nitrogens with two attached hydrogens (primary N) is 1. The van der Waals surface area contributed by atoms with Gasteiger partial charge in [-0.1, -0.05) is 30.4 Å². The van der Waals surface area contributed by atoms with Crippen LogP contribution in [0.5, 0.6) is 28.7 Å². The molecule has 0 heterocycles. The number of benzene rings is 3. The number of nitrogens with one attached hydrogen (secondary N) is 1. The van der Waals surface area contributed by atoms with Gasteiger partial charge in [0.2, 0.25) is 11.7 Å². The van der Waals surface area contributed by atoms with Crippen LogP contribution in [0.3, 0.4) is 0 Å². The number of para-hydroxylation sites is 1. The molecule has 3 rings (SSSR count). The molecule has 0 aliphatic carbocycles. The largest absolute Gasteiger partial charge is 0.493 e. The van der Waals surface area contributed by atoms with Crippen molar-refractivity contribution in [1.82, 2.24) is 0 Å². The van der Waals surface area contributed by atoms with E-state index in [1.165, 1.54) is 20.3 Å². The summed E-state index contributed by atoms with van der Waals surface area (Å²) in [6, 6.07) is 14.5. The Balaban J connectivity index is 1.98. The van der Waals surface area contributed by atoms with Crippen molar-refractivity contribution >= 4 is 35.5 Å². The maximum Gasteiger partial charge on any atom is 0.248 e. The highest BCUT2D eigenvalue weighted by atomic mass is 16.5. The Morgan fingerprint density at radius 2 is 1.36 bits per heavy atom. The van der Waals surface area contributed by atoms with Gasteiger partial charge in [0.25, 0.3) is 0 Å². The van der Waals surface area contributed by atoms with Crippen LogP contribution in [0.25, 0.3) is 18.2 Å². The molecule has 3 aromatic carbocycles. The van der Waals surface area contributed by atoms with E-state index in [2.05, 4.69) is 5.32 Å². The summed E-state index contributed by atoms with van der Waals surface area (Å²) < 4.78 is 27.3. The number of carbonyl (C=O) groups is 1. The Bertz CT molecular complexity index is 1260. The maximum atomic E-state index is 12.8. The molecular formula is C28H30N2O6. The Morgan fingerprint density at radius 1 is 0.722 bits per heavy atom. The number of hydrogen-bond donors (Lipinski definition) is 2. The van der Waals surface area contributed by atoms with Crippen molar-refractivity contribution in [2.45, 2.75) is 0 Å². The van der Waals surface area contributed by atoms with E-state index in [0.717, 1.165) is 11.1 Å². The molecule has 0 atom stereocenters. The van der Waals surface area contributed by atoms with E-state index >= 15 is 0 Å². The third kappa shape index (κ3) is 5.90. The molecule has 0 fully saturated rings. The number of carbonyl (C=O) groups excluding carboxylic acids is 1. The normalized spacial score (nSPS) is 10.9. The fraction of sp³-hybridized carbons (Fsp3) is 0.179. The summed E-state index contributed by atoms with van der Waals surface area (Å²) >= 11 is 0. The minimum Gasteiger partial charge on any atom is -0.493 e. The zero-order chi connectivity index (χ0) is 26.1. The average molecular weight is 491 g/mol. The molecule has 0 spiro atoms. The number of methoxy groups -OCH3 is 5. The fourth-order valence-corrected chi connectivity index (χ4v) is 3.59. The van der Waals surface area contributed by atoms with Crippen LogP contribution in [0.2, 0.25) is 0 Å². The highest BCUT2D eigenvalue weighted by molar-refractivity contribution is 6.05. The number of amides is 1. The molecule has 3 aromatic rings. The first-order valence-electron chi connectivity index (χ1n) is 11.0. The Labute approximate surface area is 210 Å². The van der Waals surface area contributed by atoms with Crippen molar-refractivity contribution in [3.63, 3.8) is 0 Å². The zero-order valence-corrected chi connectivity index (χ0v) is 21.0. The number of nitrogen functional groups attached to an aromatic ring is 1. The van der Waals surface area contributed by atoms with Crippen LogP contribution < -0.4 is 34.7 Å². The Hall–Kier alpha value is -4.59. The maximum absolute atomic E-state index is 12.8. The molecule has 0 unspecified atom stereocenters.